The second-order valence-corrected chi connectivity index (χ2v) is 16.8. The number of cyclic esters (lactones) is 1. The summed E-state index contributed by atoms with van der Waals surface area (Å²) in [7, 11) is 3.76. The number of carbonyl (C=O) groups is 3. The lowest BCUT2D eigenvalue weighted by atomic mass is 9.73. The zero-order chi connectivity index (χ0) is 42.0. The molecule has 1 aromatic carbocycles. The maximum absolute atomic E-state index is 14.5. The van der Waals surface area contributed by atoms with Gasteiger partial charge in [-0.1, -0.05) is 32.9 Å². The summed E-state index contributed by atoms with van der Waals surface area (Å²) in [6.45, 7) is 14.1. The van der Waals surface area contributed by atoms with Crippen LogP contribution >= 0.6 is 0 Å². The van der Waals surface area contributed by atoms with Gasteiger partial charge in [0.25, 0.3) is 5.69 Å². The molecule has 1 amide bonds. The molecule has 318 valence electrons. The number of oxime groups is 1. The van der Waals surface area contributed by atoms with Crippen LogP contribution in [0.4, 0.5) is 10.5 Å². The highest BCUT2D eigenvalue weighted by atomic mass is 16.7. The molecule has 2 bridgehead atoms. The Morgan fingerprint density at radius 2 is 1.74 bits per heavy atom. The van der Waals surface area contributed by atoms with Crippen molar-refractivity contribution in [2.24, 2.45) is 28.8 Å². The van der Waals surface area contributed by atoms with Crippen LogP contribution in [0.5, 0.6) is 0 Å². The van der Waals surface area contributed by atoms with Gasteiger partial charge in [-0.05, 0) is 78.7 Å². The Labute approximate surface area is 334 Å². The second kappa shape index (κ2) is 18.0. The number of nitro benzene ring substituents is 1. The van der Waals surface area contributed by atoms with E-state index < -0.39 is 88.6 Å². The summed E-state index contributed by atoms with van der Waals surface area (Å²) in [5.41, 5.74) is -1.73. The van der Waals surface area contributed by atoms with Crippen molar-refractivity contribution in [3.8, 4) is 0 Å². The Morgan fingerprint density at radius 1 is 1.05 bits per heavy atom. The number of ether oxygens (including phenoxy) is 6. The third kappa shape index (κ3) is 9.60. The summed E-state index contributed by atoms with van der Waals surface area (Å²) in [5.74, 6) is -3.76. The highest BCUT2D eigenvalue weighted by Crippen LogP contribution is 2.42. The molecular formula is C40H60N4O13. The third-order valence-corrected chi connectivity index (χ3v) is 12.2. The average Bonchev–Trinajstić information content (AvgIpc) is 3.49. The van der Waals surface area contributed by atoms with Crippen LogP contribution in [0.15, 0.2) is 29.4 Å². The molecule has 57 heavy (non-hydrogen) atoms. The van der Waals surface area contributed by atoms with Crippen LogP contribution < -0.4 is 5.32 Å². The summed E-state index contributed by atoms with van der Waals surface area (Å²) in [6.07, 6.45) is -4.86. The number of hydrogen-bond acceptors (Lipinski definition) is 15. The van der Waals surface area contributed by atoms with Gasteiger partial charge in [-0.3, -0.25) is 19.7 Å². The first-order chi connectivity index (χ1) is 26.8. The van der Waals surface area contributed by atoms with Crippen molar-refractivity contribution in [3.63, 3.8) is 0 Å². The van der Waals surface area contributed by atoms with Crippen LogP contribution in [-0.2, 0) is 49.5 Å². The number of ketones is 1. The van der Waals surface area contributed by atoms with E-state index in [1.54, 1.807) is 39.8 Å². The van der Waals surface area contributed by atoms with Crippen molar-refractivity contribution >= 4 is 29.2 Å². The molecular weight excluding hydrogens is 744 g/mol. The normalized spacial score (nSPS) is 40.2. The molecule has 0 aromatic heterocycles. The SMILES string of the molecule is CC[C@H]1OC(=O)[C@H](C)[C@H]2OC/C(=N\OCc3ccc([N+](=O)[O-])cc3)CO[C@](C)(C[C@@H](C)C(=O)[C@H](C)[C@H]3NC(=O)O[C@@]31C)[C@H](O[C@@H]1O[C@H](C)C[C@H](N(C)C)[C@H]1O)[C@H]2C. The van der Waals surface area contributed by atoms with Crippen LogP contribution in [0.1, 0.15) is 80.2 Å². The van der Waals surface area contributed by atoms with Crippen molar-refractivity contribution < 1.29 is 57.7 Å². The summed E-state index contributed by atoms with van der Waals surface area (Å²) in [6, 6.07) is 4.81. The number of nitro groups is 1. The molecule has 4 fully saturated rings. The van der Waals surface area contributed by atoms with Gasteiger partial charge >= 0.3 is 12.1 Å². The van der Waals surface area contributed by atoms with Crippen molar-refractivity contribution in [1.29, 1.82) is 0 Å². The number of non-ortho nitro benzene ring substituents is 1. The fourth-order valence-corrected chi connectivity index (χ4v) is 9.01. The van der Waals surface area contributed by atoms with Gasteiger partial charge in [-0.15, -0.1) is 0 Å². The quantitative estimate of drug-likeness (QED) is 0.215. The highest BCUT2D eigenvalue weighted by Gasteiger charge is 2.57. The molecule has 1 aromatic rings. The van der Waals surface area contributed by atoms with E-state index in [1.807, 2.05) is 46.7 Å². The highest BCUT2D eigenvalue weighted by molar-refractivity contribution is 5.87. The number of rotatable bonds is 8. The summed E-state index contributed by atoms with van der Waals surface area (Å²) in [4.78, 5) is 59.8. The lowest BCUT2D eigenvalue weighted by Crippen LogP contribution is -2.60. The van der Waals surface area contributed by atoms with Gasteiger partial charge in [-0.2, -0.15) is 0 Å². The minimum atomic E-state index is -1.35. The number of nitrogens with zero attached hydrogens (tertiary/aromatic N) is 3. The molecule has 0 unspecified atom stereocenters. The fraction of sp³-hybridized carbons (Fsp3) is 0.750. The van der Waals surface area contributed by atoms with Gasteiger partial charge in [0.15, 0.2) is 11.9 Å². The number of likely N-dealkylation sites (N-methyl/N-ethyl adjacent to an activating group) is 1. The van der Waals surface area contributed by atoms with Crippen molar-refractivity contribution in [2.75, 3.05) is 27.3 Å². The molecule has 0 spiro atoms. The van der Waals surface area contributed by atoms with Gasteiger partial charge in [0.1, 0.15) is 30.3 Å². The summed E-state index contributed by atoms with van der Waals surface area (Å²) < 4.78 is 38.5. The number of alkyl carbamates (subject to hydrolysis) is 1. The van der Waals surface area contributed by atoms with Crippen LogP contribution in [0, 0.1) is 33.8 Å². The molecule has 17 heteroatoms. The molecule has 5 rings (SSSR count). The van der Waals surface area contributed by atoms with E-state index in [0.29, 0.717) is 24.1 Å². The lowest BCUT2D eigenvalue weighted by Gasteiger charge is -2.48. The van der Waals surface area contributed by atoms with Gasteiger partial charge in [0.2, 0.25) is 0 Å². The number of esters is 1. The number of hydrogen-bond donors (Lipinski definition) is 2. The molecule has 4 heterocycles. The number of Topliss-reactive ketones (excluding diaryl/α,β-unsaturated/α-hetero) is 1. The molecule has 4 aliphatic heterocycles. The predicted molar refractivity (Wildman–Crippen MR) is 205 cm³/mol. The number of nitrogens with one attached hydrogen (secondary N) is 1. The monoisotopic (exact) mass is 804 g/mol. The van der Waals surface area contributed by atoms with E-state index in [-0.39, 0.29) is 49.9 Å². The van der Waals surface area contributed by atoms with Gasteiger partial charge in [0, 0.05) is 35.9 Å². The van der Waals surface area contributed by atoms with E-state index >= 15 is 0 Å². The number of carbonyl (C=O) groups excluding carboxylic acids is 3. The number of aliphatic hydroxyl groups is 1. The van der Waals surface area contributed by atoms with Crippen LogP contribution in [0.2, 0.25) is 0 Å². The minimum absolute atomic E-state index is 0.00440. The van der Waals surface area contributed by atoms with Gasteiger partial charge in [0.05, 0.1) is 54.0 Å². The first-order valence-corrected chi connectivity index (χ1v) is 19.8. The number of fused-ring (bicyclic) bond motifs is 4. The summed E-state index contributed by atoms with van der Waals surface area (Å²) >= 11 is 0. The first kappa shape index (κ1) is 44.4. The number of benzene rings is 1. The smallest absolute Gasteiger partial charge is 0.408 e. The Hall–Kier alpha value is -3.74. The number of aliphatic hydroxyl groups excluding tert-OH is 1. The lowest BCUT2D eigenvalue weighted by molar-refractivity contribution is -0.384. The van der Waals surface area contributed by atoms with Gasteiger partial charge < -0.3 is 48.6 Å². The van der Waals surface area contributed by atoms with Crippen molar-refractivity contribution in [1.82, 2.24) is 10.2 Å². The maximum Gasteiger partial charge on any atom is 0.408 e. The van der Waals surface area contributed by atoms with Crippen LogP contribution in [0.3, 0.4) is 0 Å². The first-order valence-electron chi connectivity index (χ1n) is 19.8. The molecule has 14 atom stereocenters. The Kier molecular flexibility index (Phi) is 14.0. The standard InChI is InChI=1S/C40H60N4O13/c1-11-30-40(8)34(41-38(48)57-40)23(4)31(45)21(2)17-39(7)35(56-37-32(46)29(43(9)10)16-22(3)54-37)24(5)33(25(6)36(47)55-30)51-19-27(20-52-39)42-53-18-26-12-14-28(15-13-26)44(49)50/h12-15,21-25,29-30,32-35,37,46H,11,16-20H2,1-10H3,(H,41,48)/b42-27+/t21-,22-,23+,24+,25-,29+,30-,32-,33+,34-,35-,37+,39-,40-/m1/s1. The predicted octanol–water partition coefficient (Wildman–Crippen LogP) is 4.16. The van der Waals surface area contributed by atoms with E-state index in [9.17, 15) is 29.6 Å². The molecule has 2 N–H and O–H groups in total. The molecule has 0 radical (unpaired) electrons. The molecule has 17 nitrogen and oxygen atoms in total. The molecule has 0 saturated carbocycles. The van der Waals surface area contributed by atoms with E-state index in [4.69, 9.17) is 33.3 Å². The molecule has 4 saturated heterocycles. The Morgan fingerprint density at radius 3 is 2.37 bits per heavy atom. The molecule has 4 aliphatic rings. The van der Waals surface area contributed by atoms with Crippen molar-refractivity contribution in [2.45, 2.75) is 141 Å². The zero-order valence-corrected chi connectivity index (χ0v) is 34.7. The third-order valence-electron chi connectivity index (χ3n) is 12.2. The zero-order valence-electron chi connectivity index (χ0n) is 34.7. The van der Waals surface area contributed by atoms with Crippen LogP contribution in [0.25, 0.3) is 0 Å². The van der Waals surface area contributed by atoms with E-state index in [1.165, 1.54) is 12.1 Å². The largest absolute Gasteiger partial charge is 0.458 e. The maximum atomic E-state index is 14.5. The van der Waals surface area contributed by atoms with Gasteiger partial charge in [-0.25, -0.2) is 4.79 Å². The van der Waals surface area contributed by atoms with E-state index in [0.717, 1.165) is 0 Å². The average molecular weight is 805 g/mol. The fourth-order valence-electron chi connectivity index (χ4n) is 9.01. The molecule has 0 aliphatic carbocycles. The topological polar surface area (TPSA) is 207 Å². The second-order valence-electron chi connectivity index (χ2n) is 16.8. The Bertz CT molecular complexity index is 1640. The Balaban J connectivity index is 1.58. The van der Waals surface area contributed by atoms with Crippen LogP contribution in [-0.4, -0.2) is 126 Å². The van der Waals surface area contributed by atoms with E-state index in [2.05, 4.69) is 10.5 Å². The minimum Gasteiger partial charge on any atom is -0.458 e. The number of amides is 1. The van der Waals surface area contributed by atoms with Crippen molar-refractivity contribution in [3.05, 3.63) is 39.9 Å². The summed E-state index contributed by atoms with van der Waals surface area (Å²) in [5, 5.41) is 29.9.